The standard InChI is InChI=1S/C17H17F3O3/c18-17(19,20)11-3-1-2-9(6-11)14(21)5-4-10-7-12-13(16(10)23)8-15(12)22/h1-6,10,12-14,16,21,23H,7-8H2/t10?,12-,13+,14?,16?/m0/s1. The lowest BCUT2D eigenvalue weighted by Crippen LogP contribution is -2.38. The minimum Gasteiger partial charge on any atom is -0.392 e. The predicted molar refractivity (Wildman–Crippen MR) is 76.3 cm³/mol. The van der Waals surface area contributed by atoms with Gasteiger partial charge in [-0.3, -0.25) is 4.79 Å². The minimum atomic E-state index is -4.46. The normalized spacial score (nSPS) is 32.0. The highest BCUT2D eigenvalue weighted by Gasteiger charge is 2.51. The molecule has 0 bridgehead atoms. The van der Waals surface area contributed by atoms with Crippen molar-refractivity contribution >= 4 is 5.78 Å². The minimum absolute atomic E-state index is 0.0112. The second-order valence-corrected chi connectivity index (χ2v) is 6.28. The van der Waals surface area contributed by atoms with Crippen molar-refractivity contribution < 1.29 is 28.2 Å². The molecule has 3 rings (SSSR count). The Morgan fingerprint density at radius 1 is 1.30 bits per heavy atom. The number of halogens is 3. The van der Waals surface area contributed by atoms with E-state index in [4.69, 9.17) is 0 Å². The van der Waals surface area contributed by atoms with Crippen LogP contribution in [0.25, 0.3) is 0 Å². The average Bonchev–Trinajstić information content (AvgIpc) is 2.75. The summed E-state index contributed by atoms with van der Waals surface area (Å²) in [5.41, 5.74) is -0.672. The first-order valence-corrected chi connectivity index (χ1v) is 7.51. The van der Waals surface area contributed by atoms with Gasteiger partial charge in [-0.05, 0) is 24.1 Å². The van der Waals surface area contributed by atoms with Gasteiger partial charge in [-0.15, -0.1) is 0 Å². The third kappa shape index (κ3) is 3.05. The zero-order chi connectivity index (χ0) is 16.8. The van der Waals surface area contributed by atoms with Crippen LogP contribution < -0.4 is 0 Å². The topological polar surface area (TPSA) is 57.5 Å². The SMILES string of the molecule is O=C1C[C@H]2C(O)C(C=CC(O)c3cccc(C(F)(F)F)c3)C[C@H]12. The number of rotatable bonds is 3. The molecule has 0 radical (unpaired) electrons. The van der Waals surface area contributed by atoms with Crippen molar-refractivity contribution in [2.75, 3.05) is 0 Å². The summed E-state index contributed by atoms with van der Waals surface area (Å²) >= 11 is 0. The lowest BCUT2D eigenvalue weighted by molar-refractivity contribution is -0.137. The van der Waals surface area contributed by atoms with Crippen LogP contribution in [0.2, 0.25) is 0 Å². The van der Waals surface area contributed by atoms with E-state index in [-0.39, 0.29) is 29.1 Å². The van der Waals surface area contributed by atoms with E-state index in [0.29, 0.717) is 12.8 Å². The van der Waals surface area contributed by atoms with Gasteiger partial charge in [0.15, 0.2) is 0 Å². The molecule has 2 N–H and O–H groups in total. The molecule has 0 saturated heterocycles. The molecule has 1 aromatic rings. The van der Waals surface area contributed by atoms with E-state index in [2.05, 4.69) is 0 Å². The number of aliphatic hydroxyl groups is 2. The van der Waals surface area contributed by atoms with Crippen molar-refractivity contribution in [3.63, 3.8) is 0 Å². The number of carbonyl (C=O) groups is 1. The van der Waals surface area contributed by atoms with Gasteiger partial charge < -0.3 is 10.2 Å². The molecule has 3 nitrogen and oxygen atoms in total. The summed E-state index contributed by atoms with van der Waals surface area (Å²) in [6.45, 7) is 0. The summed E-state index contributed by atoms with van der Waals surface area (Å²) in [6.07, 6.45) is -2.33. The lowest BCUT2D eigenvalue weighted by atomic mass is 9.74. The van der Waals surface area contributed by atoms with Gasteiger partial charge in [-0.1, -0.05) is 24.3 Å². The first kappa shape index (κ1) is 16.2. The van der Waals surface area contributed by atoms with Crippen molar-refractivity contribution in [3.8, 4) is 0 Å². The summed E-state index contributed by atoms with van der Waals surface area (Å²) < 4.78 is 38.0. The van der Waals surface area contributed by atoms with Crippen LogP contribution in [0, 0.1) is 17.8 Å². The fourth-order valence-electron chi connectivity index (χ4n) is 3.47. The Kier molecular flexibility index (Phi) is 4.06. The van der Waals surface area contributed by atoms with Gasteiger partial charge in [0.2, 0.25) is 0 Å². The molecule has 23 heavy (non-hydrogen) atoms. The number of ketones is 1. The molecule has 2 fully saturated rings. The van der Waals surface area contributed by atoms with Crippen LogP contribution in [-0.2, 0) is 11.0 Å². The van der Waals surface area contributed by atoms with E-state index in [1.165, 1.54) is 18.2 Å². The molecule has 5 atom stereocenters. The van der Waals surface area contributed by atoms with Crippen LogP contribution in [0.4, 0.5) is 13.2 Å². The van der Waals surface area contributed by atoms with Crippen LogP contribution in [0.3, 0.4) is 0 Å². The Morgan fingerprint density at radius 2 is 2.04 bits per heavy atom. The number of fused-ring (bicyclic) bond motifs is 1. The Hall–Kier alpha value is -1.66. The number of alkyl halides is 3. The molecule has 2 saturated carbocycles. The molecule has 0 spiro atoms. The smallest absolute Gasteiger partial charge is 0.392 e. The zero-order valence-corrected chi connectivity index (χ0v) is 12.2. The molecule has 1 aromatic carbocycles. The van der Waals surface area contributed by atoms with Gasteiger partial charge in [0.1, 0.15) is 5.78 Å². The second kappa shape index (κ2) is 5.76. The molecule has 2 aliphatic carbocycles. The third-order valence-corrected chi connectivity index (χ3v) is 4.87. The fraction of sp³-hybridized carbons (Fsp3) is 0.471. The van der Waals surface area contributed by atoms with E-state index in [1.54, 1.807) is 6.08 Å². The maximum atomic E-state index is 12.7. The highest BCUT2D eigenvalue weighted by atomic mass is 19.4. The second-order valence-electron chi connectivity index (χ2n) is 6.28. The highest BCUT2D eigenvalue weighted by Crippen LogP contribution is 2.47. The van der Waals surface area contributed by atoms with Gasteiger partial charge in [0.05, 0.1) is 17.8 Å². The van der Waals surface area contributed by atoms with Crippen molar-refractivity contribution in [1.29, 1.82) is 0 Å². The van der Waals surface area contributed by atoms with Crippen LogP contribution in [0.15, 0.2) is 36.4 Å². The van der Waals surface area contributed by atoms with E-state index >= 15 is 0 Å². The van der Waals surface area contributed by atoms with Gasteiger partial charge >= 0.3 is 6.18 Å². The fourth-order valence-corrected chi connectivity index (χ4v) is 3.47. The quantitative estimate of drug-likeness (QED) is 0.840. The maximum Gasteiger partial charge on any atom is 0.416 e. The Morgan fingerprint density at radius 3 is 2.65 bits per heavy atom. The molecule has 0 amide bonds. The molecule has 6 heteroatoms. The summed E-state index contributed by atoms with van der Waals surface area (Å²) in [4.78, 5) is 11.4. The van der Waals surface area contributed by atoms with Crippen molar-refractivity contribution in [1.82, 2.24) is 0 Å². The lowest BCUT2D eigenvalue weighted by Gasteiger charge is -2.30. The van der Waals surface area contributed by atoms with E-state index < -0.39 is 23.9 Å². The van der Waals surface area contributed by atoms with Gasteiger partial charge in [-0.25, -0.2) is 0 Å². The molecular weight excluding hydrogens is 309 g/mol. The van der Waals surface area contributed by atoms with Crippen LogP contribution in [0.1, 0.15) is 30.1 Å². The summed E-state index contributed by atoms with van der Waals surface area (Å²) in [7, 11) is 0. The molecular formula is C17H17F3O3. The molecule has 0 aromatic heterocycles. The van der Waals surface area contributed by atoms with Crippen molar-refractivity contribution in [3.05, 3.63) is 47.5 Å². The molecule has 2 aliphatic rings. The Bertz CT molecular complexity index is 638. The van der Waals surface area contributed by atoms with E-state index in [0.717, 1.165) is 12.1 Å². The summed E-state index contributed by atoms with van der Waals surface area (Å²) in [5, 5.41) is 20.2. The molecule has 0 aliphatic heterocycles. The first-order valence-electron chi connectivity index (χ1n) is 7.51. The zero-order valence-electron chi connectivity index (χ0n) is 12.2. The third-order valence-electron chi connectivity index (χ3n) is 4.87. The Balaban J connectivity index is 1.70. The van der Waals surface area contributed by atoms with Gasteiger partial charge in [0.25, 0.3) is 0 Å². The maximum absolute atomic E-state index is 12.7. The summed E-state index contributed by atoms with van der Waals surface area (Å²) in [5.74, 6) is -0.200. The molecule has 0 heterocycles. The number of benzene rings is 1. The van der Waals surface area contributed by atoms with Crippen molar-refractivity contribution in [2.24, 2.45) is 17.8 Å². The average molecular weight is 326 g/mol. The van der Waals surface area contributed by atoms with E-state index in [9.17, 15) is 28.2 Å². The Labute approximate surface area is 131 Å². The number of carbonyl (C=O) groups excluding carboxylic acids is 1. The number of Topliss-reactive ketones (excluding diaryl/α,β-unsaturated/α-hetero) is 1. The molecule has 3 unspecified atom stereocenters. The van der Waals surface area contributed by atoms with Crippen molar-refractivity contribution in [2.45, 2.75) is 31.2 Å². The predicted octanol–water partition coefficient (Wildman–Crippen LogP) is 2.88. The monoisotopic (exact) mass is 326 g/mol. The van der Waals surface area contributed by atoms with Crippen LogP contribution >= 0.6 is 0 Å². The number of hydrogen-bond acceptors (Lipinski definition) is 3. The summed E-state index contributed by atoms with van der Waals surface area (Å²) in [6, 6.07) is 4.53. The number of aliphatic hydroxyl groups excluding tert-OH is 2. The highest BCUT2D eigenvalue weighted by molar-refractivity contribution is 5.88. The van der Waals surface area contributed by atoms with Crippen LogP contribution in [0.5, 0.6) is 0 Å². The van der Waals surface area contributed by atoms with Gasteiger partial charge in [0, 0.05) is 24.2 Å². The van der Waals surface area contributed by atoms with E-state index in [1.807, 2.05) is 0 Å². The largest absolute Gasteiger partial charge is 0.416 e. The van der Waals surface area contributed by atoms with Gasteiger partial charge in [-0.2, -0.15) is 13.2 Å². The van der Waals surface area contributed by atoms with Crippen LogP contribution in [-0.4, -0.2) is 22.1 Å². The molecule has 124 valence electrons. The first-order chi connectivity index (χ1) is 10.8. The number of hydrogen-bond donors (Lipinski definition) is 2.